The molecule has 0 spiro atoms. The maximum absolute atomic E-state index is 14.1. The number of esters is 4. The molecule has 0 aliphatic carbocycles. The molecule has 1 unspecified atom stereocenters. The zero-order chi connectivity index (χ0) is 29.1. The highest BCUT2D eigenvalue weighted by molar-refractivity contribution is 6.21. The van der Waals surface area contributed by atoms with Crippen LogP contribution in [0.4, 0.5) is 0 Å². The van der Waals surface area contributed by atoms with Crippen molar-refractivity contribution in [1.82, 2.24) is 0 Å². The Morgan fingerprint density at radius 3 is 1.10 bits per heavy atom. The number of hydrogen-bond acceptors (Lipinski definition) is 8. The predicted octanol–water partition coefficient (Wildman–Crippen LogP) is 5.81. The Morgan fingerprint density at radius 2 is 0.805 bits per heavy atom. The molecular weight excluding hydrogens is 524 g/mol. The van der Waals surface area contributed by atoms with Crippen LogP contribution in [0.1, 0.15) is 19.8 Å². The fraction of sp³-hybridized carbons (Fsp3) is 0.152. The van der Waals surface area contributed by atoms with E-state index in [4.69, 9.17) is 18.9 Å². The van der Waals surface area contributed by atoms with Crippen LogP contribution in [0, 0.1) is 11.3 Å². The summed E-state index contributed by atoms with van der Waals surface area (Å²) in [6.07, 6.45) is 0.190. The van der Waals surface area contributed by atoms with E-state index in [0.29, 0.717) is 6.42 Å². The van der Waals surface area contributed by atoms with Crippen molar-refractivity contribution >= 4 is 23.9 Å². The molecule has 41 heavy (non-hydrogen) atoms. The molecule has 0 aliphatic heterocycles. The molecule has 0 aromatic heterocycles. The Morgan fingerprint density at radius 1 is 0.512 bits per heavy atom. The van der Waals surface area contributed by atoms with E-state index in [9.17, 15) is 19.2 Å². The lowest BCUT2D eigenvalue weighted by atomic mass is 9.72. The number of carbonyl (C=O) groups is 4. The molecule has 0 bridgehead atoms. The first kappa shape index (κ1) is 28.8. The van der Waals surface area contributed by atoms with Gasteiger partial charge in [-0.1, -0.05) is 86.1 Å². The molecule has 0 heterocycles. The summed E-state index contributed by atoms with van der Waals surface area (Å²) >= 11 is 0. The van der Waals surface area contributed by atoms with Crippen LogP contribution in [0.15, 0.2) is 121 Å². The minimum atomic E-state index is -2.90. The van der Waals surface area contributed by atoms with E-state index < -0.39 is 35.2 Å². The number of benzene rings is 4. The van der Waals surface area contributed by atoms with Gasteiger partial charge >= 0.3 is 23.9 Å². The second-order valence-electron chi connectivity index (χ2n) is 8.99. The van der Waals surface area contributed by atoms with Gasteiger partial charge in [0.15, 0.2) is 0 Å². The highest BCUT2D eigenvalue weighted by Gasteiger charge is 2.66. The Bertz CT molecular complexity index is 1320. The lowest BCUT2D eigenvalue weighted by molar-refractivity contribution is -0.181. The maximum atomic E-state index is 14.1. The molecule has 8 nitrogen and oxygen atoms in total. The van der Waals surface area contributed by atoms with Gasteiger partial charge in [-0.2, -0.15) is 0 Å². The fourth-order valence-corrected chi connectivity index (χ4v) is 4.18. The highest BCUT2D eigenvalue weighted by Crippen LogP contribution is 2.39. The van der Waals surface area contributed by atoms with Crippen molar-refractivity contribution < 1.29 is 38.1 Å². The summed E-state index contributed by atoms with van der Waals surface area (Å²) in [5.74, 6) is -6.38. The summed E-state index contributed by atoms with van der Waals surface area (Å²) in [5, 5.41) is 0. The van der Waals surface area contributed by atoms with Gasteiger partial charge in [0.05, 0.1) is 5.92 Å². The predicted molar refractivity (Wildman–Crippen MR) is 149 cm³/mol. The summed E-state index contributed by atoms with van der Waals surface area (Å²) in [4.78, 5) is 56.2. The van der Waals surface area contributed by atoms with Crippen molar-refractivity contribution in [2.24, 2.45) is 11.3 Å². The van der Waals surface area contributed by atoms with Gasteiger partial charge < -0.3 is 18.9 Å². The van der Waals surface area contributed by atoms with E-state index in [0.717, 1.165) is 0 Å². The monoisotopic (exact) mass is 552 g/mol. The minimum absolute atomic E-state index is 0.0496. The Balaban J connectivity index is 1.87. The van der Waals surface area contributed by atoms with Gasteiger partial charge in [-0.05, 0) is 55.0 Å². The molecule has 0 fully saturated rings. The fourth-order valence-electron chi connectivity index (χ4n) is 4.18. The molecule has 8 heteroatoms. The van der Waals surface area contributed by atoms with Crippen molar-refractivity contribution in [3.63, 3.8) is 0 Å². The first-order valence-corrected chi connectivity index (χ1v) is 13.0. The largest absolute Gasteiger partial charge is 0.426 e. The van der Waals surface area contributed by atoms with Gasteiger partial charge in [-0.15, -0.1) is 0 Å². The van der Waals surface area contributed by atoms with E-state index in [1.807, 2.05) is 0 Å². The smallest absolute Gasteiger partial charge is 0.341 e. The van der Waals surface area contributed by atoms with Gasteiger partial charge in [0.1, 0.15) is 23.0 Å². The van der Waals surface area contributed by atoms with Crippen LogP contribution in [0.3, 0.4) is 0 Å². The van der Waals surface area contributed by atoms with Gasteiger partial charge in [0, 0.05) is 0 Å². The van der Waals surface area contributed by atoms with Crippen LogP contribution < -0.4 is 18.9 Å². The van der Waals surface area contributed by atoms with Crippen LogP contribution in [-0.2, 0) is 19.2 Å². The van der Waals surface area contributed by atoms with Crippen molar-refractivity contribution in [2.45, 2.75) is 19.8 Å². The second-order valence-corrected chi connectivity index (χ2v) is 8.99. The molecule has 1 atom stereocenters. The van der Waals surface area contributed by atoms with Crippen molar-refractivity contribution in [1.29, 1.82) is 0 Å². The quantitative estimate of drug-likeness (QED) is 0.130. The van der Waals surface area contributed by atoms with Crippen LogP contribution in [0.2, 0.25) is 0 Å². The zero-order valence-electron chi connectivity index (χ0n) is 22.3. The third kappa shape index (κ3) is 6.86. The maximum Gasteiger partial charge on any atom is 0.341 e. The molecule has 4 aromatic rings. The van der Waals surface area contributed by atoms with E-state index in [-0.39, 0.29) is 29.4 Å². The molecule has 0 amide bonds. The van der Waals surface area contributed by atoms with Crippen molar-refractivity contribution in [3.05, 3.63) is 121 Å². The van der Waals surface area contributed by atoms with Gasteiger partial charge in [0.2, 0.25) is 0 Å². The minimum Gasteiger partial charge on any atom is -0.426 e. The summed E-state index contributed by atoms with van der Waals surface area (Å²) in [7, 11) is 0. The van der Waals surface area contributed by atoms with Crippen LogP contribution in [0.25, 0.3) is 0 Å². The normalized spacial score (nSPS) is 11.5. The summed E-state index contributed by atoms with van der Waals surface area (Å²) in [5.41, 5.74) is -2.90. The number of rotatable bonds is 11. The SMILES string of the molecule is CCCC(C(=O)Oc1ccccc1)C(C(=O)Oc1ccccc1)(C(=O)Oc1ccccc1)C(=O)Oc1ccccc1. The summed E-state index contributed by atoms with van der Waals surface area (Å²) in [6.45, 7) is 1.74. The lowest BCUT2D eigenvalue weighted by Gasteiger charge is -2.32. The lowest BCUT2D eigenvalue weighted by Crippen LogP contribution is -2.59. The number of para-hydroxylation sites is 4. The molecular formula is C33H28O8. The van der Waals surface area contributed by atoms with E-state index in [1.165, 1.54) is 48.5 Å². The van der Waals surface area contributed by atoms with Crippen LogP contribution in [-0.4, -0.2) is 23.9 Å². The van der Waals surface area contributed by atoms with E-state index in [2.05, 4.69) is 0 Å². The number of carbonyl (C=O) groups excluding carboxylic acids is 4. The van der Waals surface area contributed by atoms with Gasteiger partial charge in [-0.25, -0.2) is 14.4 Å². The third-order valence-corrected chi connectivity index (χ3v) is 6.17. The third-order valence-electron chi connectivity index (χ3n) is 6.17. The molecule has 0 saturated carbocycles. The average Bonchev–Trinajstić information content (AvgIpc) is 2.99. The van der Waals surface area contributed by atoms with Crippen LogP contribution in [0.5, 0.6) is 23.0 Å². The number of hydrogen-bond donors (Lipinski definition) is 0. The van der Waals surface area contributed by atoms with Gasteiger partial charge in [-0.3, -0.25) is 4.79 Å². The Hall–Kier alpha value is -5.24. The molecule has 208 valence electrons. The van der Waals surface area contributed by atoms with Crippen molar-refractivity contribution in [3.8, 4) is 23.0 Å². The summed E-state index contributed by atoms with van der Waals surface area (Å²) in [6, 6.07) is 31.8. The zero-order valence-corrected chi connectivity index (χ0v) is 22.3. The molecule has 0 saturated heterocycles. The molecule has 4 rings (SSSR count). The van der Waals surface area contributed by atoms with E-state index >= 15 is 0 Å². The summed E-state index contributed by atoms with van der Waals surface area (Å²) < 4.78 is 22.3. The van der Waals surface area contributed by atoms with Crippen LogP contribution >= 0.6 is 0 Å². The van der Waals surface area contributed by atoms with E-state index in [1.54, 1.807) is 79.7 Å². The standard InChI is InChI=1S/C33H28O8/c1-2-15-28(29(34)38-24-16-7-3-8-17-24)33(30(35)39-25-18-9-4-10-19-25,31(36)40-26-20-11-5-12-21-26)32(37)41-27-22-13-6-14-23-27/h3-14,16-23,28H,2,15H2,1H3. The molecule has 0 N–H and O–H groups in total. The highest BCUT2D eigenvalue weighted by atomic mass is 16.6. The molecule has 0 aliphatic rings. The van der Waals surface area contributed by atoms with Gasteiger partial charge in [0.25, 0.3) is 5.41 Å². The molecule has 4 aromatic carbocycles. The Labute approximate surface area is 237 Å². The first-order chi connectivity index (χ1) is 19.9. The first-order valence-electron chi connectivity index (χ1n) is 13.0. The number of ether oxygens (including phenoxy) is 4. The molecule has 0 radical (unpaired) electrons. The average molecular weight is 553 g/mol. The Kier molecular flexibility index (Phi) is 9.62. The van der Waals surface area contributed by atoms with Crippen molar-refractivity contribution in [2.75, 3.05) is 0 Å². The topological polar surface area (TPSA) is 105 Å². The second kappa shape index (κ2) is 13.7.